The number of rotatable bonds is 3. The van der Waals surface area contributed by atoms with Crippen LogP contribution in [0.3, 0.4) is 0 Å². The number of hydrogen-bond acceptors (Lipinski definition) is 3. The monoisotopic (exact) mass is 258 g/mol. The molecular weight excluding hydrogens is 240 g/mol. The maximum Gasteiger partial charge on any atom is 0.269 e. The van der Waals surface area contributed by atoms with Crippen LogP contribution in [-0.2, 0) is 0 Å². The van der Waals surface area contributed by atoms with Crippen LogP contribution in [0.2, 0.25) is 0 Å². The Morgan fingerprint density at radius 3 is 2.53 bits per heavy atom. The van der Waals surface area contributed by atoms with Crippen LogP contribution in [0.25, 0.3) is 0 Å². The molecular formula is C15H18N2O2. The van der Waals surface area contributed by atoms with Gasteiger partial charge in [0.25, 0.3) is 5.69 Å². The third-order valence-corrected chi connectivity index (χ3v) is 5.48. The third kappa shape index (κ3) is 1.58. The van der Waals surface area contributed by atoms with Gasteiger partial charge in [0.1, 0.15) is 0 Å². The van der Waals surface area contributed by atoms with Crippen LogP contribution in [-0.4, -0.2) is 11.0 Å². The number of benzene rings is 1. The molecule has 0 amide bonds. The van der Waals surface area contributed by atoms with Gasteiger partial charge in [-0.15, -0.1) is 0 Å². The van der Waals surface area contributed by atoms with Crippen molar-refractivity contribution in [1.29, 1.82) is 0 Å². The topological polar surface area (TPSA) is 55.2 Å². The minimum atomic E-state index is -0.330. The van der Waals surface area contributed by atoms with Gasteiger partial charge in [-0.05, 0) is 61.5 Å². The van der Waals surface area contributed by atoms with Gasteiger partial charge in [-0.3, -0.25) is 10.1 Å². The average Bonchev–Trinajstić information content (AvgIpc) is 2.79. The van der Waals surface area contributed by atoms with E-state index in [1.807, 2.05) is 13.0 Å². The first-order valence-electron chi connectivity index (χ1n) is 7.17. The third-order valence-electron chi connectivity index (χ3n) is 5.48. The second-order valence-corrected chi connectivity index (χ2v) is 6.41. The first-order valence-corrected chi connectivity index (χ1v) is 7.17. The van der Waals surface area contributed by atoms with Crippen LogP contribution in [0.4, 0.5) is 11.4 Å². The molecule has 4 rings (SSSR count). The molecule has 2 bridgehead atoms. The summed E-state index contributed by atoms with van der Waals surface area (Å²) in [4.78, 5) is 10.4. The van der Waals surface area contributed by atoms with Gasteiger partial charge in [-0.1, -0.05) is 0 Å². The first-order chi connectivity index (χ1) is 9.15. The predicted octanol–water partition coefficient (Wildman–Crippen LogP) is 3.36. The van der Waals surface area contributed by atoms with Crippen LogP contribution >= 0.6 is 0 Å². The summed E-state index contributed by atoms with van der Waals surface area (Å²) < 4.78 is 0. The van der Waals surface area contributed by atoms with Gasteiger partial charge < -0.3 is 5.32 Å². The van der Waals surface area contributed by atoms with Crippen molar-refractivity contribution >= 4 is 11.4 Å². The van der Waals surface area contributed by atoms with E-state index in [9.17, 15) is 10.1 Å². The lowest BCUT2D eigenvalue weighted by Crippen LogP contribution is -2.13. The van der Waals surface area contributed by atoms with E-state index >= 15 is 0 Å². The summed E-state index contributed by atoms with van der Waals surface area (Å²) in [6.45, 7) is 1.95. The summed E-state index contributed by atoms with van der Waals surface area (Å²) in [5.41, 5.74) is 2.23. The zero-order valence-electron chi connectivity index (χ0n) is 11.0. The highest BCUT2D eigenvalue weighted by molar-refractivity contribution is 5.57. The fourth-order valence-electron chi connectivity index (χ4n) is 4.62. The summed E-state index contributed by atoms with van der Waals surface area (Å²) in [5, 5.41) is 14.4. The zero-order chi connectivity index (χ0) is 13.1. The lowest BCUT2D eigenvalue weighted by atomic mass is 10.0. The van der Waals surface area contributed by atoms with E-state index in [4.69, 9.17) is 0 Å². The fraction of sp³-hybridized carbons (Fsp3) is 0.600. The molecule has 0 radical (unpaired) electrons. The van der Waals surface area contributed by atoms with Crippen molar-refractivity contribution < 1.29 is 4.92 Å². The van der Waals surface area contributed by atoms with Crippen molar-refractivity contribution in [2.45, 2.75) is 32.2 Å². The number of anilines is 1. The quantitative estimate of drug-likeness (QED) is 0.668. The molecule has 3 saturated carbocycles. The van der Waals surface area contributed by atoms with Gasteiger partial charge >= 0.3 is 0 Å². The Hall–Kier alpha value is -1.58. The second-order valence-electron chi connectivity index (χ2n) is 6.41. The van der Waals surface area contributed by atoms with Crippen molar-refractivity contribution in [3.8, 4) is 0 Å². The van der Waals surface area contributed by atoms with Gasteiger partial charge in [0.05, 0.1) is 4.92 Å². The van der Waals surface area contributed by atoms with Crippen LogP contribution in [0.15, 0.2) is 18.2 Å². The number of aryl methyl sites for hydroxylation is 1. The molecule has 4 heteroatoms. The predicted molar refractivity (Wildman–Crippen MR) is 73.1 cm³/mol. The van der Waals surface area contributed by atoms with Gasteiger partial charge in [-0.2, -0.15) is 0 Å². The van der Waals surface area contributed by atoms with Crippen LogP contribution in [0.5, 0.6) is 0 Å². The summed E-state index contributed by atoms with van der Waals surface area (Å²) in [6, 6.07) is 5.76. The van der Waals surface area contributed by atoms with E-state index in [0.29, 0.717) is 6.04 Å². The minimum Gasteiger partial charge on any atom is -0.381 e. The molecule has 4 unspecified atom stereocenters. The molecule has 0 heterocycles. The van der Waals surface area contributed by atoms with Crippen molar-refractivity contribution in [3.05, 3.63) is 33.9 Å². The first kappa shape index (κ1) is 11.3. The van der Waals surface area contributed by atoms with Crippen molar-refractivity contribution in [3.63, 3.8) is 0 Å². The summed E-state index contributed by atoms with van der Waals surface area (Å²) in [6.07, 6.45) is 4.29. The lowest BCUT2D eigenvalue weighted by molar-refractivity contribution is -0.384. The SMILES string of the molecule is Cc1cc([N+](=O)[O-])ccc1NC1C2C3CCC(C3)C12. The number of non-ortho nitro benzene ring substituents is 1. The van der Waals surface area contributed by atoms with Gasteiger partial charge in [0.15, 0.2) is 0 Å². The minimum absolute atomic E-state index is 0.180. The Labute approximate surface area is 112 Å². The molecule has 0 aliphatic heterocycles. The zero-order valence-corrected chi connectivity index (χ0v) is 11.0. The standard InChI is InChI=1S/C15H18N2O2/c1-8-6-11(17(18)19)4-5-12(8)16-15-13-9-2-3-10(7-9)14(13)15/h4-6,9-10,13-16H,2-3,7H2,1H3. The molecule has 0 saturated heterocycles. The summed E-state index contributed by atoms with van der Waals surface area (Å²) in [7, 11) is 0. The highest BCUT2D eigenvalue weighted by Gasteiger charge is 2.65. The average molecular weight is 258 g/mol. The van der Waals surface area contributed by atoms with Gasteiger partial charge in [0.2, 0.25) is 0 Å². The maximum absolute atomic E-state index is 10.7. The molecule has 0 spiro atoms. The normalized spacial score (nSPS) is 38.1. The molecule has 3 aliphatic carbocycles. The van der Waals surface area contributed by atoms with E-state index in [-0.39, 0.29) is 10.6 Å². The van der Waals surface area contributed by atoms with Crippen molar-refractivity contribution in [2.75, 3.05) is 5.32 Å². The van der Waals surface area contributed by atoms with Crippen LogP contribution < -0.4 is 5.32 Å². The Morgan fingerprint density at radius 2 is 1.95 bits per heavy atom. The number of fused-ring (bicyclic) bond motifs is 5. The Kier molecular flexibility index (Phi) is 2.20. The number of nitrogens with zero attached hydrogens (tertiary/aromatic N) is 1. The van der Waals surface area contributed by atoms with Gasteiger partial charge in [-0.25, -0.2) is 0 Å². The molecule has 1 aromatic carbocycles. The van der Waals surface area contributed by atoms with E-state index in [2.05, 4.69) is 5.32 Å². The van der Waals surface area contributed by atoms with Crippen LogP contribution in [0, 0.1) is 40.7 Å². The number of nitrogens with one attached hydrogen (secondary N) is 1. The molecule has 1 aromatic rings. The molecule has 4 nitrogen and oxygen atoms in total. The highest BCUT2D eigenvalue weighted by Crippen LogP contribution is 2.66. The summed E-state index contributed by atoms with van der Waals surface area (Å²) >= 11 is 0. The molecule has 4 atom stereocenters. The largest absolute Gasteiger partial charge is 0.381 e. The summed E-state index contributed by atoms with van der Waals surface area (Å²) in [5.74, 6) is 3.67. The Morgan fingerprint density at radius 1 is 1.26 bits per heavy atom. The van der Waals surface area contributed by atoms with Crippen molar-refractivity contribution in [2.24, 2.45) is 23.7 Å². The second kappa shape index (κ2) is 3.71. The fourth-order valence-corrected chi connectivity index (χ4v) is 4.62. The molecule has 19 heavy (non-hydrogen) atoms. The van der Waals surface area contributed by atoms with E-state index in [0.717, 1.165) is 34.9 Å². The number of hydrogen-bond donors (Lipinski definition) is 1. The molecule has 3 fully saturated rings. The molecule has 100 valence electrons. The van der Waals surface area contributed by atoms with E-state index < -0.39 is 0 Å². The molecule has 1 N–H and O–H groups in total. The van der Waals surface area contributed by atoms with E-state index in [1.54, 1.807) is 12.1 Å². The molecule has 0 aromatic heterocycles. The highest BCUT2D eigenvalue weighted by atomic mass is 16.6. The maximum atomic E-state index is 10.7. The molecule has 3 aliphatic rings. The Balaban J connectivity index is 1.51. The number of nitro groups is 1. The van der Waals surface area contributed by atoms with Gasteiger partial charge in [0, 0.05) is 23.9 Å². The van der Waals surface area contributed by atoms with Crippen LogP contribution in [0.1, 0.15) is 24.8 Å². The van der Waals surface area contributed by atoms with E-state index in [1.165, 1.54) is 19.3 Å². The number of nitro benzene ring substituents is 1. The smallest absolute Gasteiger partial charge is 0.269 e. The van der Waals surface area contributed by atoms with Crippen molar-refractivity contribution in [1.82, 2.24) is 0 Å². The lowest BCUT2D eigenvalue weighted by Gasteiger charge is -2.13. The Bertz CT molecular complexity index is 541.